The van der Waals surface area contributed by atoms with Crippen molar-refractivity contribution < 1.29 is 33.0 Å². The largest absolute Gasteiger partial charge is 0.462 e. The summed E-state index contributed by atoms with van der Waals surface area (Å²) in [6, 6.07) is 8.58. The van der Waals surface area contributed by atoms with Gasteiger partial charge >= 0.3 is 23.5 Å². The van der Waals surface area contributed by atoms with Crippen LogP contribution in [0, 0.1) is 5.92 Å². The standard InChI is InChI=1S/C35H40O8/c1-22(2)32(36)40-17-9-7-11-25-19-27(12-8-10-18-41-33(37)23(3)4)31-28(20-25)21-30(35(39)43-31)26-13-15-29(16-14-26)42-34(38)24(5)6/h13-16,19,21,25H,1,3,5,7-12,17-18,20H2,2,4,6H3. The van der Waals surface area contributed by atoms with Gasteiger partial charge in [-0.3, -0.25) is 0 Å². The summed E-state index contributed by atoms with van der Waals surface area (Å²) in [6.07, 6.45) is 7.41. The van der Waals surface area contributed by atoms with E-state index in [1.165, 1.54) is 0 Å². The summed E-state index contributed by atoms with van der Waals surface area (Å²) in [7, 11) is 0. The minimum atomic E-state index is -0.519. The summed E-state index contributed by atoms with van der Waals surface area (Å²) < 4.78 is 21.6. The topological polar surface area (TPSA) is 109 Å². The third kappa shape index (κ3) is 9.81. The first-order valence-corrected chi connectivity index (χ1v) is 14.5. The van der Waals surface area contributed by atoms with Crippen LogP contribution in [0.25, 0.3) is 16.7 Å². The first kappa shape index (κ1) is 33.0. The molecule has 1 aliphatic rings. The number of unbranched alkanes of at least 4 members (excludes halogenated alkanes) is 2. The molecule has 1 aliphatic carbocycles. The first-order chi connectivity index (χ1) is 20.5. The summed E-state index contributed by atoms with van der Waals surface area (Å²) in [6.45, 7) is 16.2. The molecule has 0 fully saturated rings. The zero-order valence-electron chi connectivity index (χ0n) is 25.3. The molecular formula is C35H40O8. The molecule has 3 rings (SSSR count). The number of benzene rings is 1. The van der Waals surface area contributed by atoms with Gasteiger partial charge in [0.25, 0.3) is 0 Å². The summed E-state index contributed by atoms with van der Waals surface area (Å²) in [5.74, 6) is -0.151. The number of ether oxygens (including phenoxy) is 3. The van der Waals surface area contributed by atoms with Crippen LogP contribution in [0.4, 0.5) is 0 Å². The van der Waals surface area contributed by atoms with Crippen LogP contribution in [0.5, 0.6) is 5.75 Å². The van der Waals surface area contributed by atoms with Crippen molar-refractivity contribution in [3.05, 3.63) is 94.6 Å². The molecule has 228 valence electrons. The highest BCUT2D eigenvalue weighted by atomic mass is 16.5. The number of allylic oxidation sites excluding steroid dienone is 2. The van der Waals surface area contributed by atoms with E-state index in [-0.39, 0.29) is 11.9 Å². The molecule has 0 N–H and O–H groups in total. The molecule has 0 aliphatic heterocycles. The maximum Gasteiger partial charge on any atom is 0.344 e. The van der Waals surface area contributed by atoms with E-state index in [0.717, 1.165) is 36.8 Å². The molecule has 0 saturated heterocycles. The molecule has 8 nitrogen and oxygen atoms in total. The number of hydrogen-bond donors (Lipinski definition) is 0. The lowest BCUT2D eigenvalue weighted by molar-refractivity contribution is -0.139. The molecule has 0 spiro atoms. The summed E-state index contributed by atoms with van der Waals surface area (Å²) >= 11 is 0. The highest BCUT2D eigenvalue weighted by Gasteiger charge is 2.24. The Hall–Kier alpha value is -4.46. The van der Waals surface area contributed by atoms with E-state index in [1.54, 1.807) is 45.0 Å². The summed E-state index contributed by atoms with van der Waals surface area (Å²) in [5, 5.41) is 0. The molecule has 0 radical (unpaired) electrons. The lowest BCUT2D eigenvalue weighted by Gasteiger charge is -2.24. The zero-order valence-corrected chi connectivity index (χ0v) is 25.3. The Labute approximate surface area is 252 Å². The van der Waals surface area contributed by atoms with Gasteiger partial charge in [-0.2, -0.15) is 0 Å². The Kier molecular flexibility index (Phi) is 12.0. The monoisotopic (exact) mass is 588 g/mol. The molecule has 43 heavy (non-hydrogen) atoms. The molecule has 0 saturated carbocycles. The number of fused-ring (bicyclic) bond motifs is 1. The second-order valence-electron chi connectivity index (χ2n) is 10.9. The predicted molar refractivity (Wildman–Crippen MR) is 165 cm³/mol. The van der Waals surface area contributed by atoms with Crippen LogP contribution in [0.3, 0.4) is 0 Å². The lowest BCUT2D eigenvalue weighted by Crippen LogP contribution is -2.16. The van der Waals surface area contributed by atoms with Crippen LogP contribution in [0.15, 0.2) is 82.1 Å². The van der Waals surface area contributed by atoms with Gasteiger partial charge in [0.15, 0.2) is 0 Å². The van der Waals surface area contributed by atoms with Crippen molar-refractivity contribution in [3.8, 4) is 16.9 Å². The minimum absolute atomic E-state index is 0.213. The van der Waals surface area contributed by atoms with Gasteiger partial charge < -0.3 is 18.6 Å². The quantitative estimate of drug-likeness (QED) is 0.0954. The predicted octanol–water partition coefficient (Wildman–Crippen LogP) is 6.92. The van der Waals surface area contributed by atoms with Crippen molar-refractivity contribution in [3.63, 3.8) is 0 Å². The third-order valence-electron chi connectivity index (χ3n) is 6.93. The van der Waals surface area contributed by atoms with Gasteiger partial charge in [0.2, 0.25) is 0 Å². The highest BCUT2D eigenvalue weighted by molar-refractivity contribution is 5.89. The van der Waals surface area contributed by atoms with Crippen molar-refractivity contribution in [1.29, 1.82) is 0 Å². The Balaban J connectivity index is 1.76. The molecule has 1 aromatic heterocycles. The molecule has 2 aromatic rings. The van der Waals surface area contributed by atoms with Gasteiger partial charge in [-0.05, 0) is 107 Å². The van der Waals surface area contributed by atoms with Crippen LogP contribution in [0.1, 0.15) is 70.6 Å². The zero-order chi connectivity index (χ0) is 31.5. The second-order valence-corrected chi connectivity index (χ2v) is 10.9. The van der Waals surface area contributed by atoms with Crippen LogP contribution >= 0.6 is 0 Å². The number of rotatable bonds is 15. The van der Waals surface area contributed by atoms with Crippen molar-refractivity contribution in [2.24, 2.45) is 5.92 Å². The molecule has 1 atom stereocenters. The third-order valence-corrected chi connectivity index (χ3v) is 6.93. The van der Waals surface area contributed by atoms with Gasteiger partial charge in [-0.15, -0.1) is 0 Å². The lowest BCUT2D eigenvalue weighted by atomic mass is 9.83. The number of carbonyl (C=O) groups excluding carboxylic acids is 3. The van der Waals surface area contributed by atoms with Crippen molar-refractivity contribution in [1.82, 2.24) is 0 Å². The molecular weight excluding hydrogens is 548 g/mol. The fourth-order valence-corrected chi connectivity index (χ4v) is 4.62. The van der Waals surface area contributed by atoms with Crippen molar-refractivity contribution in [2.75, 3.05) is 13.2 Å². The average Bonchev–Trinajstić information content (AvgIpc) is 2.96. The van der Waals surface area contributed by atoms with Gasteiger partial charge in [-0.1, -0.05) is 37.9 Å². The Morgan fingerprint density at radius 3 is 2.00 bits per heavy atom. The van der Waals surface area contributed by atoms with E-state index >= 15 is 0 Å². The molecule has 1 heterocycles. The SMILES string of the molecule is C=C(C)C(=O)OCCCCC1=CC(CCCCOC(=O)C(=C)C)Cc2cc(-c3ccc(OC(=O)C(=C)C)cc3)c(=O)oc21. The molecule has 1 unspecified atom stereocenters. The molecule has 0 amide bonds. The Morgan fingerprint density at radius 2 is 1.42 bits per heavy atom. The maximum atomic E-state index is 13.1. The van der Waals surface area contributed by atoms with Crippen LogP contribution < -0.4 is 10.4 Å². The van der Waals surface area contributed by atoms with Crippen LogP contribution in [0.2, 0.25) is 0 Å². The number of hydrogen-bond acceptors (Lipinski definition) is 8. The van der Waals surface area contributed by atoms with E-state index in [2.05, 4.69) is 25.8 Å². The Bertz CT molecular complexity index is 1470. The minimum Gasteiger partial charge on any atom is -0.462 e. The van der Waals surface area contributed by atoms with Crippen LogP contribution in [-0.4, -0.2) is 31.1 Å². The first-order valence-electron chi connectivity index (χ1n) is 14.5. The van der Waals surface area contributed by atoms with E-state index in [9.17, 15) is 19.2 Å². The van der Waals surface area contributed by atoms with E-state index < -0.39 is 17.6 Å². The van der Waals surface area contributed by atoms with Crippen molar-refractivity contribution >= 4 is 23.5 Å². The maximum absolute atomic E-state index is 13.1. The van der Waals surface area contributed by atoms with E-state index in [1.807, 2.05) is 6.07 Å². The fourth-order valence-electron chi connectivity index (χ4n) is 4.62. The molecule has 8 heteroatoms. The van der Waals surface area contributed by atoms with Gasteiger partial charge in [0.05, 0.1) is 18.8 Å². The second kappa shape index (κ2) is 15.7. The average molecular weight is 589 g/mol. The van der Waals surface area contributed by atoms with E-state index in [4.69, 9.17) is 18.6 Å². The summed E-state index contributed by atoms with van der Waals surface area (Å²) in [5.41, 5.74) is 3.55. The summed E-state index contributed by atoms with van der Waals surface area (Å²) in [4.78, 5) is 48.3. The smallest absolute Gasteiger partial charge is 0.344 e. The van der Waals surface area contributed by atoms with Crippen LogP contribution in [-0.2, 0) is 30.3 Å². The van der Waals surface area contributed by atoms with Gasteiger partial charge in [0.1, 0.15) is 11.5 Å². The van der Waals surface area contributed by atoms with E-state index in [0.29, 0.717) is 71.8 Å². The Morgan fingerprint density at radius 1 is 0.837 bits per heavy atom. The van der Waals surface area contributed by atoms with Gasteiger partial charge in [0, 0.05) is 16.7 Å². The molecule has 0 bridgehead atoms. The normalized spacial score (nSPS) is 13.7. The number of carbonyl (C=O) groups is 3. The van der Waals surface area contributed by atoms with Crippen molar-refractivity contribution in [2.45, 2.75) is 65.7 Å². The number of esters is 3. The van der Waals surface area contributed by atoms with Gasteiger partial charge in [-0.25, -0.2) is 19.2 Å². The highest BCUT2D eigenvalue weighted by Crippen LogP contribution is 2.35. The molecule has 1 aromatic carbocycles. The fraction of sp³-hybridized carbons (Fsp3) is 0.371.